The van der Waals surface area contributed by atoms with Crippen molar-refractivity contribution in [3.8, 4) is 0 Å². The minimum absolute atomic E-state index is 0.488. The summed E-state index contributed by atoms with van der Waals surface area (Å²) < 4.78 is 27.0. The number of rotatable bonds is 2. The lowest BCUT2D eigenvalue weighted by Gasteiger charge is -2.34. The highest BCUT2D eigenvalue weighted by Crippen LogP contribution is 2.42. The molecule has 0 radical (unpaired) electrons. The first-order valence-electron chi connectivity index (χ1n) is 4.52. The van der Waals surface area contributed by atoms with Crippen molar-refractivity contribution in [1.29, 1.82) is 0 Å². The van der Waals surface area contributed by atoms with Gasteiger partial charge in [-0.05, 0) is 26.7 Å². The molecular formula is C9H17F2N. The molecule has 0 atom stereocenters. The quantitative estimate of drug-likeness (QED) is 0.689. The maximum absolute atomic E-state index is 13.5. The Balaban J connectivity index is 2.69. The van der Waals surface area contributed by atoms with E-state index in [1.54, 1.807) is 0 Å². The Kier molecular flexibility index (Phi) is 2.43. The van der Waals surface area contributed by atoms with Gasteiger partial charge in [0.2, 0.25) is 0 Å². The van der Waals surface area contributed by atoms with Gasteiger partial charge in [-0.1, -0.05) is 12.8 Å². The average molecular weight is 177 g/mol. The van der Waals surface area contributed by atoms with Gasteiger partial charge in [0.15, 0.2) is 0 Å². The molecule has 2 N–H and O–H groups in total. The van der Waals surface area contributed by atoms with Gasteiger partial charge in [0.25, 0.3) is 5.92 Å². The minimum Gasteiger partial charge on any atom is -0.321 e. The molecule has 12 heavy (non-hydrogen) atoms. The van der Waals surface area contributed by atoms with Crippen LogP contribution in [0.4, 0.5) is 8.78 Å². The molecule has 0 aromatic carbocycles. The molecule has 1 fully saturated rings. The van der Waals surface area contributed by atoms with Crippen LogP contribution in [0.25, 0.3) is 0 Å². The van der Waals surface area contributed by atoms with E-state index in [-0.39, 0.29) is 0 Å². The van der Waals surface area contributed by atoms with E-state index in [2.05, 4.69) is 0 Å². The summed E-state index contributed by atoms with van der Waals surface area (Å²) in [6.45, 7) is 2.82. The Morgan fingerprint density at radius 2 is 1.58 bits per heavy atom. The second-order valence-corrected chi connectivity index (χ2v) is 4.33. The van der Waals surface area contributed by atoms with E-state index in [1.165, 1.54) is 13.8 Å². The number of alkyl halides is 2. The summed E-state index contributed by atoms with van der Waals surface area (Å²) in [7, 11) is 0. The van der Waals surface area contributed by atoms with Gasteiger partial charge in [0.05, 0.1) is 5.54 Å². The molecule has 0 aromatic heterocycles. The van der Waals surface area contributed by atoms with Crippen LogP contribution in [0, 0.1) is 5.92 Å². The van der Waals surface area contributed by atoms with Gasteiger partial charge in [0, 0.05) is 5.92 Å². The zero-order chi connectivity index (χ0) is 9.41. The van der Waals surface area contributed by atoms with Crippen molar-refractivity contribution in [1.82, 2.24) is 0 Å². The van der Waals surface area contributed by atoms with E-state index in [9.17, 15) is 8.78 Å². The highest BCUT2D eigenvalue weighted by atomic mass is 19.3. The Morgan fingerprint density at radius 3 is 1.92 bits per heavy atom. The van der Waals surface area contributed by atoms with E-state index in [1.807, 2.05) is 0 Å². The fourth-order valence-corrected chi connectivity index (χ4v) is 1.81. The van der Waals surface area contributed by atoms with E-state index >= 15 is 0 Å². The topological polar surface area (TPSA) is 26.0 Å². The minimum atomic E-state index is -2.70. The van der Waals surface area contributed by atoms with Crippen LogP contribution in [0.15, 0.2) is 0 Å². The van der Waals surface area contributed by atoms with Gasteiger partial charge < -0.3 is 5.73 Å². The second-order valence-electron chi connectivity index (χ2n) is 4.33. The van der Waals surface area contributed by atoms with Crippen molar-refractivity contribution in [3.63, 3.8) is 0 Å². The first-order chi connectivity index (χ1) is 5.36. The lowest BCUT2D eigenvalue weighted by atomic mass is 9.85. The maximum Gasteiger partial charge on any atom is 0.267 e. The first kappa shape index (κ1) is 9.90. The largest absolute Gasteiger partial charge is 0.321 e. The predicted molar refractivity (Wildman–Crippen MR) is 45.2 cm³/mol. The molecular weight excluding hydrogens is 160 g/mol. The van der Waals surface area contributed by atoms with Crippen molar-refractivity contribution in [2.24, 2.45) is 11.7 Å². The third-order valence-corrected chi connectivity index (χ3v) is 2.73. The van der Waals surface area contributed by atoms with Crippen LogP contribution < -0.4 is 5.73 Å². The van der Waals surface area contributed by atoms with Gasteiger partial charge in [-0.2, -0.15) is 0 Å². The highest BCUT2D eigenvalue weighted by Gasteiger charge is 2.50. The molecule has 3 heteroatoms. The van der Waals surface area contributed by atoms with Gasteiger partial charge >= 0.3 is 0 Å². The number of halogens is 2. The normalized spacial score (nSPS) is 21.8. The number of hydrogen-bond acceptors (Lipinski definition) is 1. The van der Waals surface area contributed by atoms with Crippen LogP contribution in [0.1, 0.15) is 39.5 Å². The summed E-state index contributed by atoms with van der Waals surface area (Å²) in [6, 6.07) is 0. The lowest BCUT2D eigenvalue weighted by Crippen LogP contribution is -2.54. The van der Waals surface area contributed by atoms with Crippen LogP contribution in [0.3, 0.4) is 0 Å². The van der Waals surface area contributed by atoms with Gasteiger partial charge in [-0.15, -0.1) is 0 Å². The van der Waals surface area contributed by atoms with Gasteiger partial charge in [-0.25, -0.2) is 8.78 Å². The molecule has 0 amide bonds. The van der Waals surface area contributed by atoms with Crippen molar-refractivity contribution >= 4 is 0 Å². The molecule has 1 nitrogen and oxygen atoms in total. The standard InChI is InChI=1S/C9H17F2N/c1-8(2,12)9(10,11)7-5-3-4-6-7/h7H,3-6,12H2,1-2H3. The van der Waals surface area contributed by atoms with Crippen LogP contribution in [0.2, 0.25) is 0 Å². The predicted octanol–water partition coefficient (Wildman–Crippen LogP) is 2.55. The molecule has 0 heterocycles. The fourth-order valence-electron chi connectivity index (χ4n) is 1.81. The smallest absolute Gasteiger partial charge is 0.267 e. The summed E-state index contributed by atoms with van der Waals surface area (Å²) in [4.78, 5) is 0. The Hall–Kier alpha value is -0.180. The SMILES string of the molecule is CC(C)(N)C(F)(F)C1CCCC1. The third-order valence-electron chi connectivity index (χ3n) is 2.73. The number of hydrogen-bond donors (Lipinski definition) is 1. The molecule has 0 bridgehead atoms. The molecule has 1 aliphatic rings. The molecule has 0 saturated heterocycles. The molecule has 0 aliphatic heterocycles. The maximum atomic E-state index is 13.5. The molecule has 0 spiro atoms. The van der Waals surface area contributed by atoms with Crippen LogP contribution in [-0.2, 0) is 0 Å². The molecule has 72 valence electrons. The van der Waals surface area contributed by atoms with Crippen molar-refractivity contribution in [2.75, 3.05) is 0 Å². The summed E-state index contributed by atoms with van der Waals surface area (Å²) >= 11 is 0. The number of nitrogens with two attached hydrogens (primary N) is 1. The van der Waals surface area contributed by atoms with Crippen LogP contribution >= 0.6 is 0 Å². The third kappa shape index (κ3) is 1.60. The van der Waals surface area contributed by atoms with Crippen molar-refractivity contribution in [3.05, 3.63) is 0 Å². The molecule has 1 aliphatic carbocycles. The Labute approximate surface area is 72.3 Å². The van der Waals surface area contributed by atoms with Gasteiger partial charge in [0.1, 0.15) is 0 Å². The fraction of sp³-hybridized carbons (Fsp3) is 1.00. The van der Waals surface area contributed by atoms with Crippen LogP contribution in [0.5, 0.6) is 0 Å². The zero-order valence-corrected chi connectivity index (χ0v) is 7.74. The summed E-state index contributed by atoms with van der Waals surface area (Å²) in [5, 5.41) is 0. The molecule has 1 saturated carbocycles. The molecule has 0 unspecified atom stereocenters. The van der Waals surface area contributed by atoms with E-state index in [0.29, 0.717) is 12.8 Å². The Morgan fingerprint density at radius 1 is 1.17 bits per heavy atom. The Bertz CT molecular complexity index is 154. The summed E-state index contributed by atoms with van der Waals surface area (Å²) in [6.07, 6.45) is 3.12. The van der Waals surface area contributed by atoms with E-state index < -0.39 is 17.4 Å². The van der Waals surface area contributed by atoms with Crippen LogP contribution in [-0.4, -0.2) is 11.5 Å². The van der Waals surface area contributed by atoms with Crippen molar-refractivity contribution < 1.29 is 8.78 Å². The summed E-state index contributed by atoms with van der Waals surface area (Å²) in [5.41, 5.74) is 4.07. The summed E-state index contributed by atoms with van der Waals surface area (Å²) in [5.74, 6) is -3.19. The monoisotopic (exact) mass is 177 g/mol. The molecule has 0 aromatic rings. The molecule has 1 rings (SSSR count). The lowest BCUT2D eigenvalue weighted by molar-refractivity contribution is -0.108. The first-order valence-corrected chi connectivity index (χ1v) is 4.52. The van der Waals surface area contributed by atoms with E-state index in [4.69, 9.17) is 5.73 Å². The van der Waals surface area contributed by atoms with Gasteiger partial charge in [-0.3, -0.25) is 0 Å². The van der Waals surface area contributed by atoms with E-state index in [0.717, 1.165) is 12.8 Å². The zero-order valence-electron chi connectivity index (χ0n) is 7.74. The average Bonchev–Trinajstić information content (AvgIpc) is 2.34. The second kappa shape index (κ2) is 2.95. The highest BCUT2D eigenvalue weighted by molar-refractivity contribution is 4.96. The van der Waals surface area contributed by atoms with Crippen molar-refractivity contribution in [2.45, 2.75) is 51.0 Å².